The summed E-state index contributed by atoms with van der Waals surface area (Å²) in [5.41, 5.74) is 6.76. The van der Waals surface area contributed by atoms with Gasteiger partial charge in [-0.25, -0.2) is 0 Å². The van der Waals surface area contributed by atoms with Gasteiger partial charge in [-0.15, -0.1) is 0 Å². The zero-order valence-electron chi connectivity index (χ0n) is 19.8. The molecule has 0 amide bonds. The van der Waals surface area contributed by atoms with E-state index in [1.807, 2.05) is 0 Å². The predicted octanol–water partition coefficient (Wildman–Crippen LogP) is 6.79. The molecular weight excluding hydrogens is 408 g/mol. The van der Waals surface area contributed by atoms with E-state index >= 15 is 0 Å². The second-order valence-electron chi connectivity index (χ2n) is 9.01. The number of benzene rings is 1. The fourth-order valence-corrected chi connectivity index (χ4v) is 4.69. The summed E-state index contributed by atoms with van der Waals surface area (Å²) in [7, 11) is -4.22. The van der Waals surface area contributed by atoms with E-state index < -0.39 is 10.1 Å². The van der Waals surface area contributed by atoms with E-state index in [2.05, 4.69) is 19.2 Å². The van der Waals surface area contributed by atoms with Gasteiger partial charge in [0.15, 0.2) is 0 Å². The molecule has 0 saturated carbocycles. The Balaban J connectivity index is 2.07. The molecule has 4 N–H and O–H groups in total. The smallest absolute Gasteiger partial charge is 0.296 e. The van der Waals surface area contributed by atoms with Gasteiger partial charge in [0.05, 0.1) is 5.69 Å². The van der Waals surface area contributed by atoms with Crippen LogP contribution in [0.3, 0.4) is 0 Å². The normalized spacial score (nSPS) is 13.8. The first kappa shape index (κ1) is 27.9. The van der Waals surface area contributed by atoms with E-state index in [1.165, 1.54) is 83.1 Å². The van der Waals surface area contributed by atoms with Gasteiger partial charge in [-0.1, -0.05) is 103 Å². The Morgan fingerprint density at radius 2 is 1.39 bits per heavy atom. The van der Waals surface area contributed by atoms with Gasteiger partial charge in [-0.3, -0.25) is 4.55 Å². The lowest BCUT2D eigenvalue weighted by Gasteiger charge is -2.20. The molecule has 1 aromatic carbocycles. The van der Waals surface area contributed by atoms with Gasteiger partial charge in [-0.05, 0) is 30.9 Å². The standard InChI is InChI=1S/C25H46N2O3S/c1-3-4-5-6-7-8-9-10-11-12-13-14-17-22(2)23(26)20-21-27-24-18-15-16-19-25(24)31(28,29)30/h15-16,18-19,22-23,27H,3-14,17,20-21,26H2,1-2H3,(H,28,29,30). The summed E-state index contributed by atoms with van der Waals surface area (Å²) in [5.74, 6) is 0.446. The molecule has 0 bridgehead atoms. The summed E-state index contributed by atoms with van der Waals surface area (Å²) >= 11 is 0. The molecule has 0 saturated heterocycles. The van der Waals surface area contributed by atoms with Crippen LogP contribution in [-0.2, 0) is 10.1 Å². The topological polar surface area (TPSA) is 92.4 Å². The average Bonchev–Trinajstić information content (AvgIpc) is 2.74. The molecule has 0 fully saturated rings. The number of anilines is 1. The first-order valence-electron chi connectivity index (χ1n) is 12.4. The van der Waals surface area contributed by atoms with Gasteiger partial charge in [-0.2, -0.15) is 8.42 Å². The molecule has 180 valence electrons. The highest BCUT2D eigenvalue weighted by Crippen LogP contribution is 2.21. The highest BCUT2D eigenvalue weighted by molar-refractivity contribution is 7.86. The number of para-hydroxylation sites is 1. The third-order valence-electron chi connectivity index (χ3n) is 6.20. The maximum absolute atomic E-state index is 11.4. The third-order valence-corrected chi connectivity index (χ3v) is 7.11. The molecule has 0 aliphatic heterocycles. The first-order valence-corrected chi connectivity index (χ1v) is 13.9. The lowest BCUT2D eigenvalue weighted by Crippen LogP contribution is -2.30. The third kappa shape index (κ3) is 13.1. The molecule has 1 rings (SSSR count). The summed E-state index contributed by atoms with van der Waals surface area (Å²) in [5, 5.41) is 3.10. The molecule has 5 nitrogen and oxygen atoms in total. The Morgan fingerprint density at radius 1 is 0.871 bits per heavy atom. The Kier molecular flexibility index (Phi) is 14.9. The Labute approximate surface area is 191 Å². The molecule has 6 heteroatoms. The molecule has 0 heterocycles. The zero-order chi connectivity index (χ0) is 23.0. The van der Waals surface area contributed by atoms with Crippen molar-refractivity contribution < 1.29 is 13.0 Å². The van der Waals surface area contributed by atoms with Crippen LogP contribution < -0.4 is 11.1 Å². The summed E-state index contributed by atoms with van der Waals surface area (Å²) in [6.45, 7) is 5.05. The van der Waals surface area contributed by atoms with Crippen LogP contribution in [0.4, 0.5) is 5.69 Å². The van der Waals surface area contributed by atoms with Crippen molar-refractivity contribution in [3.63, 3.8) is 0 Å². The maximum atomic E-state index is 11.4. The molecule has 0 aliphatic carbocycles. The van der Waals surface area contributed by atoms with Crippen LogP contribution in [0.25, 0.3) is 0 Å². The first-order chi connectivity index (χ1) is 14.9. The van der Waals surface area contributed by atoms with Crippen molar-refractivity contribution in [3.05, 3.63) is 24.3 Å². The second-order valence-corrected chi connectivity index (χ2v) is 10.4. The van der Waals surface area contributed by atoms with Gasteiger partial charge >= 0.3 is 0 Å². The average molecular weight is 455 g/mol. The minimum absolute atomic E-state index is 0.0816. The van der Waals surface area contributed by atoms with E-state index in [0.29, 0.717) is 18.2 Å². The van der Waals surface area contributed by atoms with Crippen molar-refractivity contribution in [1.29, 1.82) is 0 Å². The minimum Gasteiger partial charge on any atom is -0.384 e. The van der Waals surface area contributed by atoms with Crippen molar-refractivity contribution in [2.45, 2.75) is 115 Å². The highest BCUT2D eigenvalue weighted by atomic mass is 32.2. The molecule has 2 unspecified atom stereocenters. The van der Waals surface area contributed by atoms with E-state index in [4.69, 9.17) is 5.73 Å². The van der Waals surface area contributed by atoms with Gasteiger partial charge < -0.3 is 11.1 Å². The van der Waals surface area contributed by atoms with Crippen molar-refractivity contribution in [3.8, 4) is 0 Å². The van der Waals surface area contributed by atoms with Crippen LogP contribution in [0.2, 0.25) is 0 Å². The SMILES string of the molecule is CCCCCCCCCCCCCCC(C)C(N)CCNc1ccccc1S(=O)(=O)O. The summed E-state index contributed by atoms with van der Waals surface area (Å²) in [6.07, 6.45) is 18.2. The highest BCUT2D eigenvalue weighted by Gasteiger charge is 2.16. The molecule has 0 spiro atoms. The fourth-order valence-electron chi connectivity index (χ4n) is 4.02. The lowest BCUT2D eigenvalue weighted by atomic mass is 9.93. The number of rotatable bonds is 19. The van der Waals surface area contributed by atoms with Crippen LogP contribution >= 0.6 is 0 Å². The number of hydrogen-bond acceptors (Lipinski definition) is 4. The molecule has 0 radical (unpaired) electrons. The summed E-state index contributed by atoms with van der Waals surface area (Å²) < 4.78 is 32.2. The van der Waals surface area contributed by atoms with Gasteiger partial charge in [0.25, 0.3) is 10.1 Å². The monoisotopic (exact) mass is 454 g/mol. The van der Waals surface area contributed by atoms with Crippen LogP contribution in [0.1, 0.15) is 104 Å². The quantitative estimate of drug-likeness (QED) is 0.158. The summed E-state index contributed by atoms with van der Waals surface area (Å²) in [6, 6.07) is 6.47. The Hall–Kier alpha value is -1.11. The number of unbranched alkanes of at least 4 members (excludes halogenated alkanes) is 11. The second kappa shape index (κ2) is 16.5. The van der Waals surface area contributed by atoms with Crippen LogP contribution in [0, 0.1) is 5.92 Å². The van der Waals surface area contributed by atoms with Crippen molar-refractivity contribution in [2.24, 2.45) is 11.7 Å². The van der Waals surface area contributed by atoms with Gasteiger partial charge in [0, 0.05) is 12.6 Å². The van der Waals surface area contributed by atoms with E-state index in [1.54, 1.807) is 18.2 Å². The Bertz CT molecular complexity index is 679. The number of hydrogen-bond donors (Lipinski definition) is 3. The largest absolute Gasteiger partial charge is 0.384 e. The minimum atomic E-state index is -4.22. The summed E-state index contributed by atoms with van der Waals surface area (Å²) in [4.78, 5) is -0.0897. The fraction of sp³-hybridized carbons (Fsp3) is 0.760. The Morgan fingerprint density at radius 3 is 1.94 bits per heavy atom. The zero-order valence-corrected chi connectivity index (χ0v) is 20.6. The van der Waals surface area contributed by atoms with E-state index in [-0.39, 0.29) is 10.9 Å². The van der Waals surface area contributed by atoms with Crippen molar-refractivity contribution >= 4 is 15.8 Å². The molecule has 0 aliphatic rings. The van der Waals surface area contributed by atoms with Crippen LogP contribution in [0.15, 0.2) is 29.2 Å². The maximum Gasteiger partial charge on any atom is 0.296 e. The van der Waals surface area contributed by atoms with E-state index in [0.717, 1.165) is 12.8 Å². The van der Waals surface area contributed by atoms with Crippen LogP contribution in [0.5, 0.6) is 0 Å². The van der Waals surface area contributed by atoms with Crippen molar-refractivity contribution in [2.75, 3.05) is 11.9 Å². The molecular formula is C25H46N2O3S. The van der Waals surface area contributed by atoms with Crippen LogP contribution in [-0.4, -0.2) is 25.6 Å². The molecule has 2 atom stereocenters. The molecule has 1 aromatic rings. The molecule has 0 aromatic heterocycles. The van der Waals surface area contributed by atoms with E-state index in [9.17, 15) is 13.0 Å². The van der Waals surface area contributed by atoms with Crippen molar-refractivity contribution in [1.82, 2.24) is 0 Å². The van der Waals surface area contributed by atoms with Gasteiger partial charge in [0.2, 0.25) is 0 Å². The number of nitrogens with one attached hydrogen (secondary N) is 1. The number of nitrogens with two attached hydrogens (primary N) is 1. The lowest BCUT2D eigenvalue weighted by molar-refractivity contribution is 0.393. The molecule has 31 heavy (non-hydrogen) atoms. The predicted molar refractivity (Wildman–Crippen MR) is 132 cm³/mol. The van der Waals surface area contributed by atoms with Gasteiger partial charge in [0.1, 0.15) is 4.90 Å².